The second-order valence-corrected chi connectivity index (χ2v) is 13.1. The molecule has 3 aliphatic rings. The Bertz CT molecular complexity index is 1870. The molecule has 0 amide bonds. The predicted molar refractivity (Wildman–Crippen MR) is 174 cm³/mol. The molecule has 0 radical (unpaired) electrons. The number of aromatic hydroxyl groups is 4. The quantitative estimate of drug-likeness (QED) is 0.0856. The smallest absolute Gasteiger partial charge is 0.239 e. The molecule has 6 rings (SSSR count). The van der Waals surface area contributed by atoms with E-state index in [0.29, 0.717) is 0 Å². The monoisotopic (exact) mass is 788 g/mol. The molecule has 3 saturated heterocycles. The molecule has 3 aromatic rings. The van der Waals surface area contributed by atoms with Crippen molar-refractivity contribution in [3.63, 3.8) is 0 Å². The van der Waals surface area contributed by atoms with Crippen LogP contribution in [0.4, 0.5) is 0 Å². The molecule has 3 aliphatic heterocycles. The zero-order valence-electron chi connectivity index (χ0n) is 28.2. The highest BCUT2D eigenvalue weighted by molar-refractivity contribution is 5.88. The minimum atomic E-state index is -2.14. The number of aliphatic hydroxyl groups is 10. The molecule has 1 aromatic heterocycles. The molecule has 55 heavy (non-hydrogen) atoms. The van der Waals surface area contributed by atoms with Crippen molar-refractivity contribution in [1.29, 1.82) is 0 Å². The number of hydrogen-bond donors (Lipinski definition) is 14. The van der Waals surface area contributed by atoms with Crippen LogP contribution in [0.25, 0.3) is 22.3 Å². The Balaban J connectivity index is 1.40. The van der Waals surface area contributed by atoms with Gasteiger partial charge in [-0.1, -0.05) is 0 Å². The highest BCUT2D eigenvalue weighted by Gasteiger charge is 2.53. The zero-order valence-corrected chi connectivity index (χ0v) is 28.2. The van der Waals surface area contributed by atoms with E-state index in [-0.39, 0.29) is 5.56 Å². The fourth-order valence-corrected chi connectivity index (χ4v) is 6.36. The largest absolute Gasteiger partial charge is 0.508 e. The fourth-order valence-electron chi connectivity index (χ4n) is 6.36. The Morgan fingerprint density at radius 2 is 1.18 bits per heavy atom. The zero-order chi connectivity index (χ0) is 40.0. The van der Waals surface area contributed by atoms with E-state index >= 15 is 0 Å². The number of fused-ring (bicyclic) bond motifs is 1. The van der Waals surface area contributed by atoms with Gasteiger partial charge in [-0.15, -0.1) is 0 Å². The lowest BCUT2D eigenvalue weighted by Crippen LogP contribution is -2.65. The van der Waals surface area contributed by atoms with Crippen LogP contribution in [-0.2, 0) is 23.7 Å². The molecule has 0 bridgehead atoms. The van der Waals surface area contributed by atoms with Crippen LogP contribution >= 0.6 is 0 Å². The SMILES string of the molecule is O=c1c(O[C@@H]2O[C@H](CO[C@@H]3O[C@H](CO)[C@@H](O)[C@H](O)[C@H]3O)[C@@H](O)[C@H](O)[C@H]2O[C@@H]2O[C@@H](CO)[C@@H](O)[C@@H](O)[C@H]2O)c(-c2ccc(O)c(O)c2)oc2cc(O)cc(O)c12. The summed E-state index contributed by atoms with van der Waals surface area (Å²) < 4.78 is 39.6. The lowest BCUT2D eigenvalue weighted by molar-refractivity contribution is -0.363. The van der Waals surface area contributed by atoms with E-state index in [1.165, 1.54) is 6.07 Å². The lowest BCUT2D eigenvalue weighted by Gasteiger charge is -2.46. The van der Waals surface area contributed by atoms with E-state index in [4.69, 9.17) is 32.8 Å². The number of benzene rings is 2. The van der Waals surface area contributed by atoms with Gasteiger partial charge in [0, 0.05) is 17.7 Å². The second kappa shape index (κ2) is 16.3. The Kier molecular flexibility index (Phi) is 12.0. The maximum Gasteiger partial charge on any atom is 0.239 e. The molecule has 22 heteroatoms. The van der Waals surface area contributed by atoms with Crippen LogP contribution in [0.5, 0.6) is 28.7 Å². The van der Waals surface area contributed by atoms with E-state index < -0.39 is 163 Å². The third-order valence-corrected chi connectivity index (χ3v) is 9.45. The number of phenols is 4. The van der Waals surface area contributed by atoms with Gasteiger partial charge in [0.25, 0.3) is 0 Å². The first-order valence-electron chi connectivity index (χ1n) is 16.7. The molecule has 22 nitrogen and oxygen atoms in total. The molecule has 4 heterocycles. The van der Waals surface area contributed by atoms with Crippen LogP contribution in [-0.4, -0.2) is 183 Å². The molecular weight excluding hydrogens is 748 g/mol. The molecular formula is C33H40O22. The first-order valence-corrected chi connectivity index (χ1v) is 16.7. The third-order valence-electron chi connectivity index (χ3n) is 9.45. The number of hydrogen-bond acceptors (Lipinski definition) is 22. The maximum absolute atomic E-state index is 14.1. The molecule has 0 unspecified atom stereocenters. The van der Waals surface area contributed by atoms with E-state index in [1.54, 1.807) is 0 Å². The van der Waals surface area contributed by atoms with Gasteiger partial charge >= 0.3 is 0 Å². The summed E-state index contributed by atoms with van der Waals surface area (Å²) in [7, 11) is 0. The fraction of sp³-hybridized carbons (Fsp3) is 0.545. The van der Waals surface area contributed by atoms with Crippen LogP contribution in [0.15, 0.2) is 39.5 Å². The standard InChI is InChI=1S/C33H40O22/c34-6-15-19(40)23(44)26(47)31(51-15)49-8-17-21(42)25(46)30(55-32-27(48)24(45)20(41)16(7-35)52-32)33(53-17)54-29-22(43)18-13(39)4-10(36)5-14(18)50-28(29)9-1-2-11(37)12(38)3-9/h1-5,15-17,19-21,23-27,30-42,44-48H,6-8H2/t15-,16+,17-,19-,20-,21-,23+,24-,25+,26-,27-,30-,31-,32+,33+/m1/s1. The first-order chi connectivity index (χ1) is 26.1. The average Bonchev–Trinajstić information content (AvgIpc) is 3.15. The van der Waals surface area contributed by atoms with Crippen molar-refractivity contribution >= 4 is 11.0 Å². The summed E-state index contributed by atoms with van der Waals surface area (Å²) in [4.78, 5) is 14.1. The molecule has 0 spiro atoms. The number of ether oxygens (including phenoxy) is 6. The van der Waals surface area contributed by atoms with E-state index in [0.717, 1.165) is 24.3 Å². The van der Waals surface area contributed by atoms with E-state index in [2.05, 4.69) is 0 Å². The second-order valence-electron chi connectivity index (χ2n) is 13.1. The van der Waals surface area contributed by atoms with Crippen LogP contribution in [0, 0.1) is 0 Å². The predicted octanol–water partition coefficient (Wildman–Crippen LogP) is -4.89. The van der Waals surface area contributed by atoms with E-state index in [9.17, 15) is 76.3 Å². The first kappa shape index (κ1) is 40.7. The summed E-state index contributed by atoms with van der Waals surface area (Å²) in [5, 5.41) is 144. The molecule has 304 valence electrons. The van der Waals surface area contributed by atoms with Gasteiger partial charge in [-0.25, -0.2) is 0 Å². The van der Waals surface area contributed by atoms with Crippen molar-refractivity contribution in [2.45, 2.75) is 92.1 Å². The molecule has 3 fully saturated rings. The average molecular weight is 789 g/mol. The van der Waals surface area contributed by atoms with Gasteiger partial charge in [0.2, 0.25) is 17.5 Å². The highest BCUT2D eigenvalue weighted by Crippen LogP contribution is 2.40. The molecule has 14 N–H and O–H groups in total. The third kappa shape index (κ3) is 7.76. The van der Waals surface area contributed by atoms with Crippen molar-refractivity contribution in [2.75, 3.05) is 19.8 Å². The van der Waals surface area contributed by atoms with Gasteiger partial charge in [0.1, 0.15) is 89.6 Å². The van der Waals surface area contributed by atoms with E-state index in [1.807, 2.05) is 0 Å². The molecule has 2 aromatic carbocycles. The Labute approximate surface area is 307 Å². The van der Waals surface area contributed by atoms with Crippen LogP contribution < -0.4 is 10.2 Å². The maximum atomic E-state index is 14.1. The van der Waals surface area contributed by atoms with Crippen molar-refractivity contribution in [1.82, 2.24) is 0 Å². The minimum Gasteiger partial charge on any atom is -0.508 e. The van der Waals surface area contributed by atoms with Gasteiger partial charge < -0.3 is 104 Å². The topological polar surface area (TPSA) is 369 Å². The minimum absolute atomic E-state index is 0.141. The Morgan fingerprint density at radius 1 is 0.600 bits per heavy atom. The van der Waals surface area contributed by atoms with Gasteiger partial charge in [-0.3, -0.25) is 4.79 Å². The van der Waals surface area contributed by atoms with Gasteiger partial charge in [-0.05, 0) is 18.2 Å². The number of rotatable bonds is 10. The summed E-state index contributed by atoms with van der Waals surface area (Å²) in [6, 6.07) is 4.93. The summed E-state index contributed by atoms with van der Waals surface area (Å²) in [6.07, 6.45) is -28.0. The van der Waals surface area contributed by atoms with Gasteiger partial charge in [-0.2, -0.15) is 0 Å². The Morgan fingerprint density at radius 3 is 1.80 bits per heavy atom. The van der Waals surface area contributed by atoms with Crippen molar-refractivity contribution in [3.8, 4) is 40.1 Å². The summed E-state index contributed by atoms with van der Waals surface area (Å²) in [5.41, 5.74) is -1.68. The van der Waals surface area contributed by atoms with Crippen LogP contribution in [0.2, 0.25) is 0 Å². The molecule has 0 aliphatic carbocycles. The highest BCUT2D eigenvalue weighted by atomic mass is 16.8. The van der Waals surface area contributed by atoms with Crippen LogP contribution in [0.3, 0.4) is 0 Å². The summed E-state index contributed by atoms with van der Waals surface area (Å²) in [6.45, 7) is -2.49. The summed E-state index contributed by atoms with van der Waals surface area (Å²) in [5.74, 6) is -3.93. The van der Waals surface area contributed by atoms with Gasteiger partial charge in [0.05, 0.1) is 19.8 Å². The van der Waals surface area contributed by atoms with Crippen LogP contribution in [0.1, 0.15) is 0 Å². The number of aliphatic hydroxyl groups excluding tert-OH is 10. The van der Waals surface area contributed by atoms with Crippen molar-refractivity contribution in [3.05, 3.63) is 40.6 Å². The number of phenolic OH excluding ortho intramolecular Hbond substituents is 4. The normalized spacial score (nSPS) is 36.9. The molecule has 15 atom stereocenters. The molecule has 0 saturated carbocycles. The summed E-state index contributed by atoms with van der Waals surface area (Å²) >= 11 is 0. The van der Waals surface area contributed by atoms with Gasteiger partial charge in [0.15, 0.2) is 35.9 Å². The van der Waals surface area contributed by atoms with Crippen molar-refractivity contribution < 1.29 is 104 Å². The lowest BCUT2D eigenvalue weighted by atomic mass is 9.97. The van der Waals surface area contributed by atoms with Crippen molar-refractivity contribution in [2.24, 2.45) is 0 Å². The Hall–Kier alpha value is -3.95.